The van der Waals surface area contributed by atoms with E-state index in [1.165, 1.54) is 6.92 Å². The number of aliphatic hydroxyl groups is 1. The topological polar surface area (TPSA) is 86.3 Å². The number of ether oxygens (including phenoxy) is 4. The Labute approximate surface area is 140 Å². The largest absolute Gasteiger partial charge is 0.463 e. The summed E-state index contributed by atoms with van der Waals surface area (Å²) in [6.45, 7) is 5.20. The summed E-state index contributed by atoms with van der Waals surface area (Å²) in [5.74, 6) is -0.519. The van der Waals surface area contributed by atoms with E-state index in [0.29, 0.717) is 5.75 Å². The van der Waals surface area contributed by atoms with Gasteiger partial charge in [-0.3, -0.25) is 4.79 Å². The highest BCUT2D eigenvalue weighted by Gasteiger charge is 2.52. The highest BCUT2D eigenvalue weighted by Crippen LogP contribution is 2.33. The van der Waals surface area contributed by atoms with Crippen molar-refractivity contribution in [3.05, 3.63) is 30.3 Å². The molecule has 7 nitrogen and oxygen atoms in total. The second-order valence-corrected chi connectivity index (χ2v) is 6.48. The van der Waals surface area contributed by atoms with Gasteiger partial charge in [-0.1, -0.05) is 18.2 Å². The van der Waals surface area contributed by atoms with Crippen molar-refractivity contribution in [2.45, 2.75) is 57.2 Å². The SMILES string of the molecule is CC(=O)N[C@@H]1[C@@H](Oc2ccccc2)O[C@@H]2COC(C)(C)O[C@@H]2[C@H]1O. The lowest BCUT2D eigenvalue weighted by atomic mass is 9.95. The molecular weight excluding hydrogens is 314 g/mol. The monoisotopic (exact) mass is 337 g/mol. The number of carbonyl (C=O) groups is 1. The molecule has 0 aliphatic carbocycles. The van der Waals surface area contributed by atoms with Gasteiger partial charge in [0, 0.05) is 6.92 Å². The van der Waals surface area contributed by atoms with Crippen LogP contribution in [0.4, 0.5) is 0 Å². The molecule has 2 heterocycles. The number of aliphatic hydroxyl groups excluding tert-OH is 1. The van der Waals surface area contributed by atoms with Gasteiger partial charge in [0.05, 0.1) is 6.61 Å². The molecule has 3 rings (SSSR count). The van der Waals surface area contributed by atoms with E-state index in [-0.39, 0.29) is 12.5 Å². The molecule has 0 bridgehead atoms. The Morgan fingerprint density at radius 3 is 2.71 bits per heavy atom. The number of carbonyl (C=O) groups excluding carboxylic acids is 1. The number of nitrogens with one attached hydrogen (secondary N) is 1. The van der Waals surface area contributed by atoms with Gasteiger partial charge < -0.3 is 29.4 Å². The van der Waals surface area contributed by atoms with Gasteiger partial charge in [0.15, 0.2) is 5.79 Å². The molecule has 132 valence electrons. The smallest absolute Gasteiger partial charge is 0.223 e. The van der Waals surface area contributed by atoms with E-state index in [0.717, 1.165) is 0 Å². The van der Waals surface area contributed by atoms with Gasteiger partial charge in [-0.2, -0.15) is 0 Å². The molecule has 24 heavy (non-hydrogen) atoms. The molecule has 1 aromatic carbocycles. The first-order valence-corrected chi connectivity index (χ1v) is 8.00. The second-order valence-electron chi connectivity index (χ2n) is 6.48. The molecule has 5 atom stereocenters. The second kappa shape index (κ2) is 6.68. The zero-order valence-corrected chi connectivity index (χ0v) is 14.0. The van der Waals surface area contributed by atoms with E-state index < -0.39 is 36.4 Å². The Kier molecular flexibility index (Phi) is 4.78. The summed E-state index contributed by atoms with van der Waals surface area (Å²) < 4.78 is 23.1. The van der Waals surface area contributed by atoms with Crippen molar-refractivity contribution in [1.82, 2.24) is 5.32 Å². The summed E-state index contributed by atoms with van der Waals surface area (Å²) in [7, 11) is 0. The maximum absolute atomic E-state index is 11.5. The van der Waals surface area contributed by atoms with Crippen LogP contribution in [0.3, 0.4) is 0 Å². The van der Waals surface area contributed by atoms with Crippen LogP contribution in [-0.2, 0) is 19.0 Å². The highest BCUT2D eigenvalue weighted by atomic mass is 16.8. The summed E-state index contributed by atoms with van der Waals surface area (Å²) in [5, 5.41) is 13.4. The molecule has 2 N–H and O–H groups in total. The van der Waals surface area contributed by atoms with Crippen LogP contribution in [0.5, 0.6) is 5.75 Å². The van der Waals surface area contributed by atoms with Gasteiger partial charge in [-0.05, 0) is 26.0 Å². The van der Waals surface area contributed by atoms with E-state index in [1.54, 1.807) is 26.0 Å². The third kappa shape index (κ3) is 3.70. The Balaban J connectivity index is 1.81. The molecule has 0 spiro atoms. The van der Waals surface area contributed by atoms with Crippen LogP contribution in [0.1, 0.15) is 20.8 Å². The number of rotatable bonds is 3. The van der Waals surface area contributed by atoms with Crippen LogP contribution >= 0.6 is 0 Å². The highest BCUT2D eigenvalue weighted by molar-refractivity contribution is 5.73. The Morgan fingerprint density at radius 2 is 2.04 bits per heavy atom. The molecule has 2 saturated heterocycles. The first kappa shape index (κ1) is 17.2. The summed E-state index contributed by atoms with van der Waals surface area (Å²) in [6.07, 6.45) is -2.92. The molecule has 0 radical (unpaired) electrons. The Bertz CT molecular complexity index is 578. The quantitative estimate of drug-likeness (QED) is 0.849. The fraction of sp³-hybridized carbons (Fsp3) is 0.588. The lowest BCUT2D eigenvalue weighted by molar-refractivity contribution is -0.361. The van der Waals surface area contributed by atoms with Crippen molar-refractivity contribution in [3.63, 3.8) is 0 Å². The average Bonchev–Trinajstić information content (AvgIpc) is 2.52. The molecule has 2 aliphatic heterocycles. The summed E-state index contributed by atoms with van der Waals surface area (Å²) >= 11 is 0. The first-order valence-electron chi connectivity index (χ1n) is 8.00. The molecule has 1 aromatic rings. The van der Waals surface area contributed by atoms with Gasteiger partial charge in [0.25, 0.3) is 0 Å². The number of amides is 1. The van der Waals surface area contributed by atoms with Crippen LogP contribution in [-0.4, -0.2) is 54.1 Å². The third-order valence-corrected chi connectivity index (χ3v) is 4.05. The van der Waals surface area contributed by atoms with E-state index >= 15 is 0 Å². The number of para-hydroxylation sites is 1. The minimum Gasteiger partial charge on any atom is -0.463 e. The summed E-state index contributed by atoms with van der Waals surface area (Å²) in [4.78, 5) is 11.5. The van der Waals surface area contributed by atoms with Crippen LogP contribution in [0, 0.1) is 0 Å². The molecule has 2 fully saturated rings. The zero-order valence-electron chi connectivity index (χ0n) is 14.0. The van der Waals surface area contributed by atoms with Crippen LogP contribution in [0.2, 0.25) is 0 Å². The van der Waals surface area contributed by atoms with Gasteiger partial charge in [0.1, 0.15) is 30.1 Å². The number of benzene rings is 1. The lowest BCUT2D eigenvalue weighted by Crippen LogP contribution is -2.69. The van der Waals surface area contributed by atoms with E-state index in [9.17, 15) is 9.90 Å². The minimum atomic E-state index is -0.982. The molecule has 1 amide bonds. The third-order valence-electron chi connectivity index (χ3n) is 4.05. The van der Waals surface area contributed by atoms with E-state index in [4.69, 9.17) is 18.9 Å². The number of hydrogen-bond donors (Lipinski definition) is 2. The van der Waals surface area contributed by atoms with Gasteiger partial charge in [-0.25, -0.2) is 0 Å². The molecule has 0 unspecified atom stereocenters. The maximum Gasteiger partial charge on any atom is 0.223 e. The van der Waals surface area contributed by atoms with Gasteiger partial charge in [-0.15, -0.1) is 0 Å². The zero-order chi connectivity index (χ0) is 17.3. The molecule has 0 saturated carbocycles. The van der Waals surface area contributed by atoms with Crippen LogP contribution in [0.25, 0.3) is 0 Å². The molecule has 7 heteroatoms. The Hall–Kier alpha value is -1.67. The average molecular weight is 337 g/mol. The summed E-state index contributed by atoms with van der Waals surface area (Å²) in [6, 6.07) is 8.35. The van der Waals surface area contributed by atoms with Crippen molar-refractivity contribution in [2.24, 2.45) is 0 Å². The van der Waals surface area contributed by atoms with Crippen molar-refractivity contribution < 1.29 is 28.8 Å². The lowest BCUT2D eigenvalue weighted by Gasteiger charge is -2.49. The van der Waals surface area contributed by atoms with Crippen molar-refractivity contribution >= 4 is 5.91 Å². The molecule has 0 aromatic heterocycles. The predicted molar refractivity (Wildman–Crippen MR) is 84.2 cm³/mol. The van der Waals surface area contributed by atoms with Crippen LogP contribution < -0.4 is 10.1 Å². The molecule has 2 aliphatic rings. The van der Waals surface area contributed by atoms with Crippen molar-refractivity contribution in [2.75, 3.05) is 6.61 Å². The fourth-order valence-electron chi connectivity index (χ4n) is 2.97. The number of fused-ring (bicyclic) bond motifs is 1. The Morgan fingerprint density at radius 1 is 1.33 bits per heavy atom. The summed E-state index contributed by atoms with van der Waals surface area (Å²) in [5.41, 5.74) is 0. The standard InChI is InChI=1S/C17H23NO6/c1-10(19)18-13-14(20)15-12(9-21-17(2,3)24-15)23-16(13)22-11-7-5-4-6-8-11/h4-8,12-16,20H,9H2,1-3H3,(H,18,19)/t12-,13+,14+,15+,16+/m1/s1. The van der Waals surface area contributed by atoms with Gasteiger partial charge >= 0.3 is 0 Å². The van der Waals surface area contributed by atoms with E-state index in [2.05, 4.69) is 5.32 Å². The normalized spacial score (nSPS) is 34.9. The van der Waals surface area contributed by atoms with Gasteiger partial charge in [0.2, 0.25) is 12.2 Å². The van der Waals surface area contributed by atoms with Crippen LogP contribution in [0.15, 0.2) is 30.3 Å². The fourth-order valence-corrected chi connectivity index (χ4v) is 2.97. The molecular formula is C17H23NO6. The van der Waals surface area contributed by atoms with Crippen molar-refractivity contribution in [3.8, 4) is 5.75 Å². The van der Waals surface area contributed by atoms with E-state index in [1.807, 2.05) is 18.2 Å². The predicted octanol–water partition coefficient (Wildman–Crippen LogP) is 0.807. The first-order chi connectivity index (χ1) is 11.4. The minimum absolute atomic E-state index is 0.274. The maximum atomic E-state index is 11.5. The van der Waals surface area contributed by atoms with Crippen molar-refractivity contribution in [1.29, 1.82) is 0 Å². The number of hydrogen-bond acceptors (Lipinski definition) is 6.